The number of nitrogens with two attached hydrogens (primary N) is 1. The van der Waals surface area contributed by atoms with Gasteiger partial charge in [-0.3, -0.25) is 14.9 Å². The molecule has 0 aliphatic carbocycles. The summed E-state index contributed by atoms with van der Waals surface area (Å²) in [6.07, 6.45) is 3.11. The molecule has 128 valence electrons. The molecule has 2 atom stereocenters. The lowest BCUT2D eigenvalue weighted by molar-refractivity contribution is -0.384. The van der Waals surface area contributed by atoms with E-state index in [2.05, 4.69) is 0 Å². The van der Waals surface area contributed by atoms with Crippen molar-refractivity contribution in [1.29, 1.82) is 0 Å². The molecule has 1 aromatic rings. The van der Waals surface area contributed by atoms with E-state index in [9.17, 15) is 14.9 Å². The van der Waals surface area contributed by atoms with Crippen molar-refractivity contribution >= 4 is 35.6 Å². The van der Waals surface area contributed by atoms with Gasteiger partial charge in [-0.25, -0.2) is 0 Å². The second-order valence-corrected chi connectivity index (χ2v) is 6.13. The van der Waals surface area contributed by atoms with E-state index in [1.54, 1.807) is 6.07 Å². The van der Waals surface area contributed by atoms with E-state index in [1.807, 2.05) is 11.8 Å². The molecule has 2 unspecified atom stereocenters. The van der Waals surface area contributed by atoms with Gasteiger partial charge in [0.2, 0.25) is 5.91 Å². The first kappa shape index (κ1) is 19.7. The highest BCUT2D eigenvalue weighted by molar-refractivity contribution is 6.31. The largest absolute Gasteiger partial charge is 0.338 e. The number of nitrogens with zero attached hydrogens (tertiary/aromatic N) is 2. The predicted molar refractivity (Wildman–Crippen MR) is 92.1 cm³/mol. The van der Waals surface area contributed by atoms with Crippen molar-refractivity contribution in [1.82, 2.24) is 4.90 Å². The first-order valence-corrected chi connectivity index (χ1v) is 7.76. The highest BCUT2D eigenvalue weighted by Gasteiger charge is 2.29. The Bertz CT molecular complexity index is 581. The van der Waals surface area contributed by atoms with Crippen LogP contribution in [0.1, 0.15) is 31.7 Å². The second kappa shape index (κ2) is 8.47. The molecule has 0 saturated carbocycles. The molecule has 0 aromatic heterocycles. The second-order valence-electron chi connectivity index (χ2n) is 5.72. The number of nitro groups is 1. The third kappa shape index (κ3) is 4.80. The van der Waals surface area contributed by atoms with E-state index < -0.39 is 4.92 Å². The zero-order chi connectivity index (χ0) is 16.3. The van der Waals surface area contributed by atoms with Gasteiger partial charge in [-0.2, -0.15) is 0 Å². The topological polar surface area (TPSA) is 89.5 Å². The molecule has 0 bridgehead atoms. The highest BCUT2D eigenvalue weighted by Crippen LogP contribution is 2.25. The van der Waals surface area contributed by atoms with Crippen LogP contribution in [0.2, 0.25) is 5.02 Å². The quantitative estimate of drug-likeness (QED) is 0.659. The van der Waals surface area contributed by atoms with Crippen LogP contribution in [-0.2, 0) is 11.2 Å². The monoisotopic (exact) mass is 361 g/mol. The number of carbonyl (C=O) groups excluding carboxylic acids is 1. The van der Waals surface area contributed by atoms with E-state index in [-0.39, 0.29) is 47.5 Å². The van der Waals surface area contributed by atoms with Crippen LogP contribution in [0.4, 0.5) is 5.69 Å². The molecule has 1 amide bonds. The summed E-state index contributed by atoms with van der Waals surface area (Å²) < 4.78 is 0. The van der Waals surface area contributed by atoms with Crippen LogP contribution >= 0.6 is 24.0 Å². The number of piperidine rings is 1. The molecule has 23 heavy (non-hydrogen) atoms. The summed E-state index contributed by atoms with van der Waals surface area (Å²) >= 11 is 6.06. The molecule has 0 radical (unpaired) electrons. The van der Waals surface area contributed by atoms with E-state index in [4.69, 9.17) is 17.3 Å². The Hall–Kier alpha value is -1.37. The van der Waals surface area contributed by atoms with Crippen molar-refractivity contribution in [3.63, 3.8) is 0 Å². The van der Waals surface area contributed by atoms with Crippen LogP contribution in [0.25, 0.3) is 0 Å². The maximum Gasteiger partial charge on any atom is 0.270 e. The Kier molecular flexibility index (Phi) is 7.25. The van der Waals surface area contributed by atoms with Crippen molar-refractivity contribution < 1.29 is 9.72 Å². The zero-order valence-electron chi connectivity index (χ0n) is 12.9. The molecule has 0 spiro atoms. The number of hydrogen-bond donors (Lipinski definition) is 1. The van der Waals surface area contributed by atoms with E-state index in [0.717, 1.165) is 19.3 Å². The van der Waals surface area contributed by atoms with Gasteiger partial charge >= 0.3 is 0 Å². The summed E-state index contributed by atoms with van der Waals surface area (Å²) in [7, 11) is 0. The minimum Gasteiger partial charge on any atom is -0.338 e. The fourth-order valence-electron chi connectivity index (χ4n) is 2.87. The Morgan fingerprint density at radius 2 is 2.22 bits per heavy atom. The van der Waals surface area contributed by atoms with E-state index in [0.29, 0.717) is 12.1 Å². The van der Waals surface area contributed by atoms with Crippen molar-refractivity contribution in [3.05, 3.63) is 38.9 Å². The van der Waals surface area contributed by atoms with E-state index in [1.165, 1.54) is 12.1 Å². The van der Waals surface area contributed by atoms with Crippen LogP contribution in [0.5, 0.6) is 0 Å². The maximum atomic E-state index is 12.5. The fraction of sp³-hybridized carbons (Fsp3) is 0.533. The van der Waals surface area contributed by atoms with Gasteiger partial charge in [0, 0.05) is 30.8 Å². The Morgan fingerprint density at radius 3 is 2.78 bits per heavy atom. The van der Waals surface area contributed by atoms with Crippen molar-refractivity contribution in [3.8, 4) is 0 Å². The third-order valence-corrected chi connectivity index (χ3v) is 4.42. The highest BCUT2D eigenvalue weighted by atomic mass is 35.5. The van der Waals surface area contributed by atoms with Gasteiger partial charge in [0.05, 0.1) is 16.4 Å². The third-order valence-electron chi connectivity index (χ3n) is 4.07. The first-order valence-electron chi connectivity index (χ1n) is 7.38. The smallest absolute Gasteiger partial charge is 0.270 e. The molecule has 1 aliphatic rings. The Labute approximate surface area is 146 Å². The van der Waals surface area contributed by atoms with Gasteiger partial charge in [0.25, 0.3) is 5.69 Å². The number of non-ortho nitro benzene ring substituents is 1. The molecule has 1 aliphatic heterocycles. The predicted octanol–water partition coefficient (Wildman–Crippen LogP) is 2.94. The average Bonchev–Trinajstić information content (AvgIpc) is 2.48. The standard InChI is InChI=1S/C15H20ClN3O3.ClH/c1-10(17)14-4-2-3-7-18(14)15(20)8-11-5-6-12(19(21)22)9-13(11)16;/h5-6,9-10,14H,2-4,7-8,17H2,1H3;1H. The Morgan fingerprint density at radius 1 is 1.52 bits per heavy atom. The summed E-state index contributed by atoms with van der Waals surface area (Å²) in [5, 5.41) is 11.0. The minimum absolute atomic E-state index is 0. The number of carbonyl (C=O) groups is 1. The van der Waals surface area contributed by atoms with Gasteiger partial charge in [-0.05, 0) is 31.7 Å². The normalized spacial score (nSPS) is 18.9. The van der Waals surface area contributed by atoms with Gasteiger partial charge in [-0.1, -0.05) is 17.7 Å². The molecule has 1 fully saturated rings. The number of likely N-dealkylation sites (tertiary alicyclic amines) is 1. The van der Waals surface area contributed by atoms with Gasteiger partial charge in [0.15, 0.2) is 0 Å². The molecule has 6 nitrogen and oxygen atoms in total. The summed E-state index contributed by atoms with van der Waals surface area (Å²) in [4.78, 5) is 24.6. The summed E-state index contributed by atoms with van der Waals surface area (Å²) in [5.41, 5.74) is 6.50. The lowest BCUT2D eigenvalue weighted by Gasteiger charge is -2.38. The van der Waals surface area contributed by atoms with Crippen LogP contribution < -0.4 is 5.73 Å². The number of amides is 1. The number of benzene rings is 1. The molecular formula is C15H21Cl2N3O3. The van der Waals surface area contributed by atoms with Gasteiger partial charge in [-0.15, -0.1) is 12.4 Å². The lowest BCUT2D eigenvalue weighted by atomic mass is 9.96. The fourth-order valence-corrected chi connectivity index (χ4v) is 3.11. The van der Waals surface area contributed by atoms with Crippen LogP contribution in [0, 0.1) is 10.1 Å². The molecule has 1 heterocycles. The van der Waals surface area contributed by atoms with Crippen molar-refractivity contribution in [2.75, 3.05) is 6.54 Å². The van der Waals surface area contributed by atoms with Crippen molar-refractivity contribution in [2.24, 2.45) is 5.73 Å². The molecular weight excluding hydrogens is 341 g/mol. The molecule has 8 heteroatoms. The number of rotatable bonds is 4. The van der Waals surface area contributed by atoms with E-state index >= 15 is 0 Å². The summed E-state index contributed by atoms with van der Waals surface area (Å²) in [5.74, 6) is -0.0299. The average molecular weight is 362 g/mol. The SMILES string of the molecule is CC(N)C1CCCCN1C(=O)Cc1ccc([N+](=O)[O-])cc1Cl.Cl. The molecule has 1 saturated heterocycles. The number of hydrogen-bond acceptors (Lipinski definition) is 4. The zero-order valence-corrected chi connectivity index (χ0v) is 14.5. The minimum atomic E-state index is -0.506. The van der Waals surface area contributed by atoms with Crippen LogP contribution in [0.3, 0.4) is 0 Å². The molecule has 1 aromatic carbocycles. The summed E-state index contributed by atoms with van der Waals surface area (Å²) in [6.45, 7) is 2.62. The number of halogens is 2. The van der Waals surface area contributed by atoms with Crippen molar-refractivity contribution in [2.45, 2.75) is 44.7 Å². The van der Waals surface area contributed by atoms with Gasteiger partial charge < -0.3 is 10.6 Å². The maximum absolute atomic E-state index is 12.5. The van der Waals surface area contributed by atoms with Crippen LogP contribution in [-0.4, -0.2) is 34.4 Å². The first-order chi connectivity index (χ1) is 10.4. The van der Waals surface area contributed by atoms with Gasteiger partial charge in [0.1, 0.15) is 0 Å². The number of nitro benzene ring substituents is 1. The molecule has 2 N–H and O–H groups in total. The Balaban J connectivity index is 0.00000264. The van der Waals surface area contributed by atoms with Crippen LogP contribution in [0.15, 0.2) is 18.2 Å². The summed E-state index contributed by atoms with van der Waals surface area (Å²) in [6, 6.07) is 4.18. The molecule has 2 rings (SSSR count). The lowest BCUT2D eigenvalue weighted by Crippen LogP contribution is -2.52.